The fraction of sp³-hybridized carbons (Fsp3) is 0.357. The molecule has 1 aromatic carbocycles. The largest absolute Gasteiger partial charge is 0.390 e. The van der Waals surface area contributed by atoms with Gasteiger partial charge in [0.1, 0.15) is 5.82 Å². The SMILES string of the molecule is COCCN(C)c1nc(CO)cc2ccccc12. The lowest BCUT2D eigenvalue weighted by molar-refractivity contribution is 0.206. The van der Waals surface area contributed by atoms with E-state index in [-0.39, 0.29) is 6.61 Å². The zero-order valence-corrected chi connectivity index (χ0v) is 10.8. The van der Waals surface area contributed by atoms with Gasteiger partial charge < -0.3 is 14.7 Å². The van der Waals surface area contributed by atoms with E-state index >= 15 is 0 Å². The number of aliphatic hydroxyl groups excluding tert-OH is 1. The lowest BCUT2D eigenvalue weighted by Crippen LogP contribution is -2.23. The minimum atomic E-state index is -0.0457. The summed E-state index contributed by atoms with van der Waals surface area (Å²) in [6.45, 7) is 1.37. The monoisotopic (exact) mass is 246 g/mol. The van der Waals surface area contributed by atoms with Crippen LogP contribution >= 0.6 is 0 Å². The Labute approximate surface area is 107 Å². The first-order valence-corrected chi connectivity index (χ1v) is 5.96. The van der Waals surface area contributed by atoms with Gasteiger partial charge in [-0.2, -0.15) is 0 Å². The van der Waals surface area contributed by atoms with Crippen molar-refractivity contribution in [2.24, 2.45) is 0 Å². The molecule has 0 bridgehead atoms. The Morgan fingerprint density at radius 3 is 2.83 bits per heavy atom. The van der Waals surface area contributed by atoms with E-state index in [4.69, 9.17) is 4.74 Å². The van der Waals surface area contributed by atoms with Crippen LogP contribution in [0.4, 0.5) is 5.82 Å². The highest BCUT2D eigenvalue weighted by molar-refractivity contribution is 5.92. The van der Waals surface area contributed by atoms with E-state index in [9.17, 15) is 5.11 Å². The van der Waals surface area contributed by atoms with Crippen molar-refractivity contribution in [1.82, 2.24) is 4.98 Å². The lowest BCUT2D eigenvalue weighted by atomic mass is 10.1. The summed E-state index contributed by atoms with van der Waals surface area (Å²) in [5.74, 6) is 0.884. The standard InChI is InChI=1S/C14H18N2O2/c1-16(7-8-18-2)14-13-6-4-3-5-11(13)9-12(10-17)15-14/h3-6,9,17H,7-8,10H2,1-2H3. The summed E-state index contributed by atoms with van der Waals surface area (Å²) in [4.78, 5) is 6.54. The number of rotatable bonds is 5. The van der Waals surface area contributed by atoms with E-state index in [1.165, 1.54) is 0 Å². The van der Waals surface area contributed by atoms with Crippen molar-refractivity contribution < 1.29 is 9.84 Å². The molecule has 0 amide bonds. The Hall–Kier alpha value is -1.65. The van der Waals surface area contributed by atoms with Crippen LogP contribution in [0.15, 0.2) is 30.3 Å². The van der Waals surface area contributed by atoms with Gasteiger partial charge in [0.15, 0.2) is 0 Å². The molecule has 0 aliphatic carbocycles. The molecular weight excluding hydrogens is 228 g/mol. The molecule has 1 aromatic heterocycles. The van der Waals surface area contributed by atoms with Crippen molar-refractivity contribution in [3.8, 4) is 0 Å². The molecule has 1 N–H and O–H groups in total. The molecule has 0 aliphatic rings. The number of benzene rings is 1. The molecule has 1 heterocycles. The molecule has 4 heteroatoms. The zero-order valence-electron chi connectivity index (χ0n) is 10.8. The second-order valence-corrected chi connectivity index (χ2v) is 4.23. The highest BCUT2D eigenvalue weighted by atomic mass is 16.5. The van der Waals surface area contributed by atoms with Gasteiger partial charge in [-0.3, -0.25) is 0 Å². The second kappa shape index (κ2) is 5.80. The average Bonchev–Trinajstić information content (AvgIpc) is 2.43. The average molecular weight is 246 g/mol. The quantitative estimate of drug-likeness (QED) is 0.874. The van der Waals surface area contributed by atoms with E-state index in [0.717, 1.165) is 23.1 Å². The number of ether oxygens (including phenoxy) is 1. The van der Waals surface area contributed by atoms with Gasteiger partial charge in [0, 0.05) is 26.1 Å². The van der Waals surface area contributed by atoms with Crippen LogP contribution in [0.3, 0.4) is 0 Å². The number of aliphatic hydroxyl groups is 1. The van der Waals surface area contributed by atoms with E-state index in [1.807, 2.05) is 42.3 Å². The van der Waals surface area contributed by atoms with Crippen molar-refractivity contribution >= 4 is 16.6 Å². The third-order valence-electron chi connectivity index (χ3n) is 2.93. The highest BCUT2D eigenvalue weighted by Gasteiger charge is 2.09. The van der Waals surface area contributed by atoms with Crippen molar-refractivity contribution in [3.63, 3.8) is 0 Å². The molecule has 0 spiro atoms. The third-order valence-corrected chi connectivity index (χ3v) is 2.93. The molecule has 2 aromatic rings. The fourth-order valence-electron chi connectivity index (χ4n) is 1.94. The van der Waals surface area contributed by atoms with Crippen LogP contribution < -0.4 is 4.90 Å². The van der Waals surface area contributed by atoms with E-state index in [2.05, 4.69) is 4.98 Å². The number of pyridine rings is 1. The van der Waals surface area contributed by atoms with Gasteiger partial charge in [0.2, 0.25) is 0 Å². The van der Waals surface area contributed by atoms with E-state index in [1.54, 1.807) is 7.11 Å². The second-order valence-electron chi connectivity index (χ2n) is 4.23. The topological polar surface area (TPSA) is 45.6 Å². The molecular formula is C14H18N2O2. The maximum Gasteiger partial charge on any atom is 0.136 e. The summed E-state index contributed by atoms with van der Waals surface area (Å²) >= 11 is 0. The van der Waals surface area contributed by atoms with Crippen molar-refractivity contribution in [3.05, 3.63) is 36.0 Å². The molecule has 96 valence electrons. The zero-order chi connectivity index (χ0) is 13.0. The Morgan fingerprint density at radius 1 is 1.33 bits per heavy atom. The summed E-state index contributed by atoms with van der Waals surface area (Å²) in [6.07, 6.45) is 0. The summed E-state index contributed by atoms with van der Waals surface area (Å²) in [5.41, 5.74) is 0.688. The van der Waals surface area contributed by atoms with Crippen molar-refractivity contribution in [2.45, 2.75) is 6.61 Å². The van der Waals surface area contributed by atoms with Gasteiger partial charge in [-0.25, -0.2) is 4.98 Å². The van der Waals surface area contributed by atoms with Crippen molar-refractivity contribution in [2.75, 3.05) is 32.2 Å². The number of methoxy groups -OCH3 is 1. The first kappa shape index (κ1) is 12.8. The van der Waals surface area contributed by atoms with Crippen LogP contribution in [0.2, 0.25) is 0 Å². The van der Waals surface area contributed by atoms with E-state index < -0.39 is 0 Å². The highest BCUT2D eigenvalue weighted by Crippen LogP contribution is 2.24. The van der Waals surface area contributed by atoms with Crippen molar-refractivity contribution in [1.29, 1.82) is 0 Å². The van der Waals surface area contributed by atoms with Crippen LogP contribution in [-0.4, -0.2) is 37.4 Å². The first-order valence-electron chi connectivity index (χ1n) is 5.96. The molecule has 0 fully saturated rings. The molecule has 18 heavy (non-hydrogen) atoms. The van der Waals surface area contributed by atoms with Crippen LogP contribution in [0.25, 0.3) is 10.8 Å². The predicted octanol–water partition coefficient (Wildman–Crippen LogP) is 1.81. The number of nitrogens with zero attached hydrogens (tertiary/aromatic N) is 2. The number of likely N-dealkylation sites (N-methyl/N-ethyl adjacent to an activating group) is 1. The Bertz CT molecular complexity index is 528. The summed E-state index contributed by atoms with van der Waals surface area (Å²) in [7, 11) is 3.67. The van der Waals surface area contributed by atoms with Gasteiger partial charge in [-0.15, -0.1) is 0 Å². The normalized spacial score (nSPS) is 10.8. The molecule has 2 rings (SSSR count). The van der Waals surface area contributed by atoms with Crippen LogP contribution in [0, 0.1) is 0 Å². The number of hydrogen-bond acceptors (Lipinski definition) is 4. The number of fused-ring (bicyclic) bond motifs is 1. The smallest absolute Gasteiger partial charge is 0.136 e. The predicted molar refractivity (Wildman–Crippen MR) is 72.8 cm³/mol. The fourth-order valence-corrected chi connectivity index (χ4v) is 1.94. The van der Waals surface area contributed by atoms with Crippen LogP contribution in [-0.2, 0) is 11.3 Å². The van der Waals surface area contributed by atoms with E-state index in [0.29, 0.717) is 12.3 Å². The molecule has 0 unspecified atom stereocenters. The Balaban J connectivity index is 2.46. The Kier molecular flexibility index (Phi) is 4.12. The number of anilines is 1. The summed E-state index contributed by atoms with van der Waals surface area (Å²) in [6, 6.07) is 9.98. The molecule has 4 nitrogen and oxygen atoms in total. The molecule has 0 saturated heterocycles. The third kappa shape index (κ3) is 2.60. The summed E-state index contributed by atoms with van der Waals surface area (Å²) < 4.78 is 5.08. The summed E-state index contributed by atoms with van der Waals surface area (Å²) in [5, 5.41) is 11.5. The van der Waals surface area contributed by atoms with Gasteiger partial charge >= 0.3 is 0 Å². The molecule has 0 atom stereocenters. The number of aromatic nitrogens is 1. The van der Waals surface area contributed by atoms with Gasteiger partial charge in [-0.05, 0) is 11.5 Å². The molecule has 0 radical (unpaired) electrons. The minimum absolute atomic E-state index is 0.0457. The number of hydrogen-bond donors (Lipinski definition) is 1. The lowest BCUT2D eigenvalue weighted by Gasteiger charge is -2.20. The first-order chi connectivity index (χ1) is 8.76. The maximum absolute atomic E-state index is 9.27. The van der Waals surface area contributed by atoms with Gasteiger partial charge in [-0.1, -0.05) is 24.3 Å². The molecule has 0 aliphatic heterocycles. The molecule has 0 saturated carbocycles. The Morgan fingerprint density at radius 2 is 2.11 bits per heavy atom. The van der Waals surface area contributed by atoms with Crippen LogP contribution in [0.1, 0.15) is 5.69 Å². The van der Waals surface area contributed by atoms with Crippen LogP contribution in [0.5, 0.6) is 0 Å². The van der Waals surface area contributed by atoms with Gasteiger partial charge in [0.25, 0.3) is 0 Å². The van der Waals surface area contributed by atoms with Gasteiger partial charge in [0.05, 0.1) is 18.9 Å². The minimum Gasteiger partial charge on any atom is -0.390 e. The maximum atomic E-state index is 9.27.